The molecule has 4 nitrogen and oxygen atoms in total. The van der Waals surface area contributed by atoms with Crippen molar-refractivity contribution in [3.8, 4) is 0 Å². The van der Waals surface area contributed by atoms with Crippen LogP contribution < -0.4 is 0 Å². The maximum absolute atomic E-state index is 12.5. The lowest BCUT2D eigenvalue weighted by molar-refractivity contribution is -0.138. The lowest BCUT2D eigenvalue weighted by Gasteiger charge is -2.35. The van der Waals surface area contributed by atoms with E-state index in [9.17, 15) is 4.79 Å². The zero-order chi connectivity index (χ0) is 15.4. The number of benzene rings is 1. The molecule has 4 heteroatoms. The van der Waals surface area contributed by atoms with E-state index in [1.54, 1.807) is 7.11 Å². The Kier molecular flexibility index (Phi) is 5.11. The molecule has 3 rings (SSSR count). The standard InChI is InChI=1S/C18H25NO3/c1-21-13-15-8-9-16-17(22-15)11-12-19(16)18(20)10-7-14-5-3-2-4-6-14/h2-6,15-17H,7-13H2,1H3/t15-,16+,17+/m1/s1. The van der Waals surface area contributed by atoms with E-state index >= 15 is 0 Å². The van der Waals surface area contributed by atoms with Crippen LogP contribution >= 0.6 is 0 Å². The van der Waals surface area contributed by atoms with Gasteiger partial charge < -0.3 is 14.4 Å². The molecule has 0 aromatic heterocycles. The van der Waals surface area contributed by atoms with Gasteiger partial charge in [0.25, 0.3) is 0 Å². The number of rotatable bonds is 5. The minimum atomic E-state index is 0.200. The number of hydrogen-bond donors (Lipinski definition) is 0. The molecular weight excluding hydrogens is 278 g/mol. The van der Waals surface area contributed by atoms with Crippen LogP contribution in [0.5, 0.6) is 0 Å². The van der Waals surface area contributed by atoms with E-state index in [4.69, 9.17) is 9.47 Å². The van der Waals surface area contributed by atoms with Crippen LogP contribution in [-0.4, -0.2) is 49.3 Å². The molecule has 2 heterocycles. The number of ether oxygens (including phenoxy) is 2. The first kappa shape index (κ1) is 15.5. The molecule has 0 saturated carbocycles. The SMILES string of the molecule is COC[C@H]1CC[C@H]2[C@H](CCN2C(=O)CCc2ccccc2)O1. The second-order valence-electron chi connectivity index (χ2n) is 6.26. The van der Waals surface area contributed by atoms with Crippen molar-refractivity contribution in [2.45, 2.75) is 50.4 Å². The first-order chi connectivity index (χ1) is 10.8. The van der Waals surface area contributed by atoms with E-state index in [0.717, 1.165) is 32.2 Å². The smallest absolute Gasteiger partial charge is 0.223 e. The average molecular weight is 303 g/mol. The number of methoxy groups -OCH3 is 1. The normalized spacial score (nSPS) is 27.7. The second-order valence-corrected chi connectivity index (χ2v) is 6.26. The zero-order valence-electron chi connectivity index (χ0n) is 13.2. The monoisotopic (exact) mass is 303 g/mol. The summed E-state index contributed by atoms with van der Waals surface area (Å²) in [6.07, 6.45) is 4.80. The fourth-order valence-corrected chi connectivity index (χ4v) is 3.66. The molecule has 0 radical (unpaired) electrons. The number of amides is 1. The Bertz CT molecular complexity index is 490. The Morgan fingerprint density at radius 2 is 2.09 bits per heavy atom. The number of likely N-dealkylation sites (tertiary alicyclic amines) is 1. The number of nitrogens with zero attached hydrogens (tertiary/aromatic N) is 1. The summed E-state index contributed by atoms with van der Waals surface area (Å²) >= 11 is 0. The Morgan fingerprint density at radius 3 is 2.86 bits per heavy atom. The molecule has 0 bridgehead atoms. The fourth-order valence-electron chi connectivity index (χ4n) is 3.66. The third-order valence-corrected chi connectivity index (χ3v) is 4.78. The summed E-state index contributed by atoms with van der Waals surface area (Å²) in [5, 5.41) is 0. The van der Waals surface area contributed by atoms with Gasteiger partial charge in [-0.25, -0.2) is 0 Å². The van der Waals surface area contributed by atoms with E-state index in [-0.39, 0.29) is 24.2 Å². The maximum atomic E-state index is 12.5. The van der Waals surface area contributed by atoms with Gasteiger partial charge in [0.2, 0.25) is 5.91 Å². The average Bonchev–Trinajstić information content (AvgIpc) is 2.97. The number of hydrogen-bond acceptors (Lipinski definition) is 3. The van der Waals surface area contributed by atoms with E-state index in [2.05, 4.69) is 17.0 Å². The molecule has 2 fully saturated rings. The number of carbonyl (C=O) groups excluding carboxylic acids is 1. The number of carbonyl (C=O) groups is 1. The molecule has 0 unspecified atom stereocenters. The van der Waals surface area contributed by atoms with Gasteiger partial charge in [0, 0.05) is 20.1 Å². The lowest BCUT2D eigenvalue weighted by Crippen LogP contribution is -2.45. The maximum Gasteiger partial charge on any atom is 0.223 e. The molecule has 0 spiro atoms. The highest BCUT2D eigenvalue weighted by molar-refractivity contribution is 5.77. The Hall–Kier alpha value is -1.39. The third-order valence-electron chi connectivity index (χ3n) is 4.78. The van der Waals surface area contributed by atoms with Gasteiger partial charge in [-0.05, 0) is 31.2 Å². The van der Waals surface area contributed by atoms with Crippen molar-refractivity contribution < 1.29 is 14.3 Å². The van der Waals surface area contributed by atoms with Gasteiger partial charge in [-0.15, -0.1) is 0 Å². The molecule has 2 aliphatic rings. The molecule has 120 valence electrons. The summed E-state index contributed by atoms with van der Waals surface area (Å²) in [6.45, 7) is 1.49. The molecular formula is C18H25NO3. The van der Waals surface area contributed by atoms with Gasteiger partial charge >= 0.3 is 0 Å². The summed E-state index contributed by atoms with van der Waals surface area (Å²) in [5.74, 6) is 0.269. The van der Waals surface area contributed by atoms with E-state index in [0.29, 0.717) is 13.0 Å². The Morgan fingerprint density at radius 1 is 1.27 bits per heavy atom. The molecule has 0 aliphatic carbocycles. The van der Waals surface area contributed by atoms with Crippen molar-refractivity contribution in [2.24, 2.45) is 0 Å². The van der Waals surface area contributed by atoms with Gasteiger partial charge in [-0.3, -0.25) is 4.79 Å². The topological polar surface area (TPSA) is 38.8 Å². The van der Waals surface area contributed by atoms with E-state index in [1.807, 2.05) is 18.2 Å². The van der Waals surface area contributed by atoms with Gasteiger partial charge in [0.1, 0.15) is 0 Å². The number of aryl methyl sites for hydroxylation is 1. The minimum absolute atomic E-state index is 0.200. The zero-order valence-corrected chi connectivity index (χ0v) is 13.2. The molecule has 2 aliphatic heterocycles. The summed E-state index contributed by atoms with van der Waals surface area (Å²) in [4.78, 5) is 14.6. The van der Waals surface area contributed by atoms with Crippen LogP contribution in [0.2, 0.25) is 0 Å². The molecule has 1 aromatic rings. The first-order valence-electron chi connectivity index (χ1n) is 8.25. The minimum Gasteiger partial charge on any atom is -0.382 e. The van der Waals surface area contributed by atoms with Crippen molar-refractivity contribution in [2.75, 3.05) is 20.3 Å². The summed E-state index contributed by atoms with van der Waals surface area (Å²) < 4.78 is 11.3. The predicted octanol–water partition coefficient (Wildman–Crippen LogP) is 2.41. The third kappa shape index (κ3) is 3.50. The highest BCUT2D eigenvalue weighted by Gasteiger charge is 2.41. The summed E-state index contributed by atoms with van der Waals surface area (Å²) in [6, 6.07) is 10.5. The lowest BCUT2D eigenvalue weighted by atomic mass is 9.99. The van der Waals surface area contributed by atoms with Crippen molar-refractivity contribution in [1.82, 2.24) is 4.90 Å². The van der Waals surface area contributed by atoms with Crippen molar-refractivity contribution >= 4 is 5.91 Å². The Labute approximate surface area is 132 Å². The van der Waals surface area contributed by atoms with Gasteiger partial charge in [-0.1, -0.05) is 30.3 Å². The Balaban J connectivity index is 1.52. The van der Waals surface area contributed by atoms with Gasteiger partial charge in [-0.2, -0.15) is 0 Å². The van der Waals surface area contributed by atoms with Gasteiger partial charge in [0.05, 0.1) is 24.9 Å². The van der Waals surface area contributed by atoms with Gasteiger partial charge in [0.15, 0.2) is 0 Å². The van der Waals surface area contributed by atoms with Crippen LogP contribution in [0.4, 0.5) is 0 Å². The quantitative estimate of drug-likeness (QED) is 0.838. The van der Waals surface area contributed by atoms with Crippen molar-refractivity contribution in [1.29, 1.82) is 0 Å². The largest absolute Gasteiger partial charge is 0.382 e. The van der Waals surface area contributed by atoms with Crippen LogP contribution in [0.25, 0.3) is 0 Å². The number of fused-ring (bicyclic) bond motifs is 1. The first-order valence-corrected chi connectivity index (χ1v) is 8.25. The van der Waals surface area contributed by atoms with Crippen molar-refractivity contribution in [3.63, 3.8) is 0 Å². The molecule has 3 atom stereocenters. The van der Waals surface area contributed by atoms with E-state index in [1.165, 1.54) is 5.56 Å². The molecule has 22 heavy (non-hydrogen) atoms. The fraction of sp³-hybridized carbons (Fsp3) is 0.611. The molecule has 0 N–H and O–H groups in total. The highest BCUT2D eigenvalue weighted by Crippen LogP contribution is 2.32. The van der Waals surface area contributed by atoms with Crippen LogP contribution in [0.1, 0.15) is 31.2 Å². The molecule has 1 amide bonds. The summed E-state index contributed by atoms with van der Waals surface area (Å²) in [5.41, 5.74) is 1.23. The van der Waals surface area contributed by atoms with E-state index < -0.39 is 0 Å². The van der Waals surface area contributed by atoms with Crippen LogP contribution in [0, 0.1) is 0 Å². The van der Waals surface area contributed by atoms with Crippen LogP contribution in [0.15, 0.2) is 30.3 Å². The second kappa shape index (κ2) is 7.25. The summed E-state index contributed by atoms with van der Waals surface area (Å²) in [7, 11) is 1.71. The van der Waals surface area contributed by atoms with Crippen LogP contribution in [-0.2, 0) is 20.7 Å². The predicted molar refractivity (Wildman–Crippen MR) is 84.7 cm³/mol. The molecule has 1 aromatic carbocycles. The molecule has 2 saturated heterocycles. The van der Waals surface area contributed by atoms with Crippen molar-refractivity contribution in [3.05, 3.63) is 35.9 Å². The highest BCUT2D eigenvalue weighted by atomic mass is 16.5. The van der Waals surface area contributed by atoms with Crippen LogP contribution in [0.3, 0.4) is 0 Å².